The van der Waals surface area contributed by atoms with E-state index in [4.69, 9.17) is 0 Å². The molecule has 0 saturated heterocycles. The van der Waals surface area contributed by atoms with Crippen molar-refractivity contribution in [2.45, 2.75) is 97.9 Å². The lowest BCUT2D eigenvalue weighted by molar-refractivity contribution is -0.155. The Morgan fingerprint density at radius 1 is 0.971 bits per heavy atom. The first-order valence-corrected chi connectivity index (χ1v) is 13.1. The number of fused-ring (bicyclic) bond motifs is 5. The van der Waals surface area contributed by atoms with Gasteiger partial charge in [0.25, 0.3) is 0 Å². The van der Waals surface area contributed by atoms with Gasteiger partial charge in [0, 0.05) is 23.2 Å². The third kappa shape index (κ3) is 3.42. The van der Waals surface area contributed by atoms with Gasteiger partial charge in [0.05, 0.1) is 17.8 Å². The van der Waals surface area contributed by atoms with Crippen LogP contribution >= 0.6 is 0 Å². The molecule has 34 heavy (non-hydrogen) atoms. The summed E-state index contributed by atoms with van der Waals surface area (Å²) in [6.45, 7) is 11.6. The maximum atomic E-state index is 13.2. The van der Waals surface area contributed by atoms with Crippen molar-refractivity contribution in [3.05, 3.63) is 11.6 Å². The highest BCUT2D eigenvalue weighted by atomic mass is 16.3. The molecule has 4 aliphatic carbocycles. The molecule has 0 aromatic carbocycles. The van der Waals surface area contributed by atoms with Crippen molar-refractivity contribution in [1.82, 2.24) is 0 Å². The Morgan fingerprint density at radius 2 is 1.62 bits per heavy atom. The zero-order valence-electron chi connectivity index (χ0n) is 21.5. The smallest absolute Gasteiger partial charge is 0.201 e. The van der Waals surface area contributed by atoms with Gasteiger partial charge in [-0.25, -0.2) is 0 Å². The third-order valence-electron chi connectivity index (χ3n) is 10.9. The number of carbonyl (C=O) groups is 3. The lowest BCUT2D eigenvalue weighted by Gasteiger charge is -2.60. The highest BCUT2D eigenvalue weighted by molar-refractivity contribution is 6.38. The minimum absolute atomic E-state index is 0.0530. The van der Waals surface area contributed by atoms with E-state index < -0.39 is 34.6 Å². The second kappa shape index (κ2) is 8.35. The molecular formula is C28H42O6. The van der Waals surface area contributed by atoms with Crippen molar-refractivity contribution < 1.29 is 29.7 Å². The van der Waals surface area contributed by atoms with Crippen LogP contribution in [0.25, 0.3) is 0 Å². The van der Waals surface area contributed by atoms with Crippen LogP contribution in [0.4, 0.5) is 0 Å². The summed E-state index contributed by atoms with van der Waals surface area (Å²) < 4.78 is 0. The van der Waals surface area contributed by atoms with E-state index in [1.807, 2.05) is 34.6 Å². The fourth-order valence-corrected chi connectivity index (χ4v) is 8.15. The zero-order valence-corrected chi connectivity index (χ0v) is 21.5. The molecular weight excluding hydrogens is 432 g/mol. The Labute approximate surface area is 203 Å². The number of ketones is 3. The van der Waals surface area contributed by atoms with E-state index in [-0.39, 0.29) is 53.4 Å². The molecule has 0 radical (unpaired) electrons. The van der Waals surface area contributed by atoms with Gasteiger partial charge in [-0.1, -0.05) is 41.5 Å². The predicted octanol–water partition coefficient (Wildman–Crippen LogP) is 3.26. The van der Waals surface area contributed by atoms with E-state index in [2.05, 4.69) is 0 Å². The average Bonchev–Trinajstić information content (AvgIpc) is 3.05. The van der Waals surface area contributed by atoms with Crippen LogP contribution in [0.1, 0.15) is 80.1 Å². The molecule has 0 aromatic rings. The molecule has 190 valence electrons. The molecule has 2 unspecified atom stereocenters. The second-order valence-electron chi connectivity index (χ2n) is 12.7. The topological polar surface area (TPSA) is 112 Å². The summed E-state index contributed by atoms with van der Waals surface area (Å²) in [4.78, 5) is 39.3. The van der Waals surface area contributed by atoms with Crippen LogP contribution in [0.15, 0.2) is 11.6 Å². The first-order chi connectivity index (χ1) is 15.7. The number of hydrogen-bond donors (Lipinski definition) is 3. The van der Waals surface area contributed by atoms with Crippen molar-refractivity contribution in [2.24, 2.45) is 46.3 Å². The second-order valence-corrected chi connectivity index (χ2v) is 12.7. The van der Waals surface area contributed by atoms with E-state index in [1.54, 1.807) is 13.0 Å². The summed E-state index contributed by atoms with van der Waals surface area (Å²) in [5, 5.41) is 32.9. The van der Waals surface area contributed by atoms with Crippen molar-refractivity contribution >= 4 is 17.3 Å². The number of aliphatic hydroxyl groups is 3. The van der Waals surface area contributed by atoms with Gasteiger partial charge in [-0.15, -0.1) is 0 Å². The summed E-state index contributed by atoms with van der Waals surface area (Å²) in [5.41, 5.74) is -1.59. The van der Waals surface area contributed by atoms with Crippen molar-refractivity contribution in [2.75, 3.05) is 0 Å². The normalized spacial score (nSPS) is 45.6. The molecule has 0 spiro atoms. The van der Waals surface area contributed by atoms with E-state index >= 15 is 0 Å². The van der Waals surface area contributed by atoms with E-state index in [0.717, 1.165) is 12.0 Å². The number of Topliss-reactive ketones (excluding diaryl/α,β-unsaturated/α-hetero) is 2. The Hall–Kier alpha value is -1.37. The fourth-order valence-electron chi connectivity index (χ4n) is 8.15. The van der Waals surface area contributed by atoms with Crippen LogP contribution in [0.3, 0.4) is 0 Å². The first kappa shape index (κ1) is 25.7. The molecule has 0 bridgehead atoms. The molecule has 4 rings (SSSR count). The Kier molecular flexibility index (Phi) is 6.31. The lowest BCUT2D eigenvalue weighted by atomic mass is 9.46. The summed E-state index contributed by atoms with van der Waals surface area (Å²) >= 11 is 0. The highest BCUT2D eigenvalue weighted by Gasteiger charge is 2.67. The summed E-state index contributed by atoms with van der Waals surface area (Å²) in [7, 11) is 0. The molecule has 3 saturated carbocycles. The quantitative estimate of drug-likeness (QED) is 0.528. The number of rotatable bonds is 5. The molecule has 6 heteroatoms. The van der Waals surface area contributed by atoms with Crippen molar-refractivity contribution in [3.8, 4) is 0 Å². The molecule has 0 heterocycles. The van der Waals surface area contributed by atoms with Gasteiger partial charge in [-0.3, -0.25) is 14.4 Å². The standard InChI is InChI=1S/C28H42O6/c1-14(2)15(3)24(32)25(33)16(4)17-8-10-28(34)19-11-21(29)20-12-22(30)23(31)13-26(20,5)18(19)7-9-27(17,28)6/h11,14-18,20,22-23,30-31,34H,7-10,12-13H2,1-6H3/t15?,16-,17?,18-,20-,22+,23-,26+,27+,28+/m0/s1. The van der Waals surface area contributed by atoms with Crippen molar-refractivity contribution in [3.63, 3.8) is 0 Å². The molecule has 4 aliphatic rings. The van der Waals surface area contributed by atoms with E-state index in [1.165, 1.54) is 0 Å². The lowest BCUT2D eigenvalue weighted by Crippen LogP contribution is -2.61. The third-order valence-corrected chi connectivity index (χ3v) is 10.9. The van der Waals surface area contributed by atoms with Gasteiger partial charge >= 0.3 is 0 Å². The monoisotopic (exact) mass is 474 g/mol. The van der Waals surface area contributed by atoms with Crippen LogP contribution in [0.2, 0.25) is 0 Å². The zero-order chi connectivity index (χ0) is 25.4. The molecule has 0 aromatic heterocycles. The van der Waals surface area contributed by atoms with Crippen LogP contribution < -0.4 is 0 Å². The van der Waals surface area contributed by atoms with Gasteiger partial charge < -0.3 is 15.3 Å². The predicted molar refractivity (Wildman–Crippen MR) is 128 cm³/mol. The molecule has 3 fully saturated rings. The Balaban J connectivity index is 1.67. The van der Waals surface area contributed by atoms with Crippen LogP contribution in [-0.4, -0.2) is 50.5 Å². The molecule has 10 atom stereocenters. The van der Waals surface area contributed by atoms with Crippen LogP contribution in [-0.2, 0) is 14.4 Å². The number of hydrogen-bond acceptors (Lipinski definition) is 6. The molecule has 0 amide bonds. The summed E-state index contributed by atoms with van der Waals surface area (Å²) in [6.07, 6.45) is 2.96. The Morgan fingerprint density at radius 3 is 2.24 bits per heavy atom. The van der Waals surface area contributed by atoms with Crippen LogP contribution in [0, 0.1) is 46.3 Å². The van der Waals surface area contributed by atoms with Gasteiger partial charge in [0.1, 0.15) is 0 Å². The SMILES string of the molecule is CC(C)C(C)C(=O)C(=O)[C@@H](C)C1CC[C@@]2(O)C3=CC(=O)[C@@H]4C[C@@H](O)[C@@H](O)C[C@]4(C)[C@H]3CC[C@]12C. The Bertz CT molecular complexity index is 922. The van der Waals surface area contributed by atoms with Gasteiger partial charge in [-0.05, 0) is 73.3 Å². The minimum Gasteiger partial charge on any atom is -0.390 e. The maximum absolute atomic E-state index is 13.2. The largest absolute Gasteiger partial charge is 0.390 e. The molecule has 0 aliphatic heterocycles. The summed E-state index contributed by atoms with van der Waals surface area (Å²) in [6, 6.07) is 0. The summed E-state index contributed by atoms with van der Waals surface area (Å²) in [5.74, 6) is -2.03. The van der Waals surface area contributed by atoms with Crippen molar-refractivity contribution in [1.29, 1.82) is 0 Å². The number of allylic oxidation sites excluding steroid dienone is 1. The average molecular weight is 475 g/mol. The van der Waals surface area contributed by atoms with Crippen LogP contribution in [0.5, 0.6) is 0 Å². The maximum Gasteiger partial charge on any atom is 0.201 e. The first-order valence-electron chi connectivity index (χ1n) is 13.1. The van der Waals surface area contributed by atoms with Gasteiger partial charge in [0.2, 0.25) is 11.6 Å². The number of carbonyl (C=O) groups excluding carboxylic acids is 3. The fraction of sp³-hybridized carbons (Fsp3) is 0.821. The number of aliphatic hydroxyl groups excluding tert-OH is 2. The minimum atomic E-state index is -1.22. The van der Waals surface area contributed by atoms with E-state index in [9.17, 15) is 29.7 Å². The highest BCUT2D eigenvalue weighted by Crippen LogP contribution is 2.68. The van der Waals surface area contributed by atoms with Gasteiger partial charge in [0.15, 0.2) is 5.78 Å². The van der Waals surface area contributed by atoms with Gasteiger partial charge in [-0.2, -0.15) is 0 Å². The van der Waals surface area contributed by atoms with E-state index in [0.29, 0.717) is 25.7 Å². The molecule has 3 N–H and O–H groups in total. The molecule has 6 nitrogen and oxygen atoms in total.